The van der Waals surface area contributed by atoms with Gasteiger partial charge in [0.1, 0.15) is 19.9 Å². The highest BCUT2D eigenvalue weighted by Crippen LogP contribution is 2.20. The SMILES string of the molecule is Fc1cnc(Br)c(Br)c1.Fc1cnc(I)c(Br)c1. The van der Waals surface area contributed by atoms with E-state index in [0.29, 0.717) is 13.5 Å². The molecule has 0 unspecified atom stereocenters. The van der Waals surface area contributed by atoms with Gasteiger partial charge in [-0.15, -0.1) is 0 Å². The Balaban J connectivity index is 0.000000180. The Bertz CT molecular complexity index is 505. The summed E-state index contributed by atoms with van der Waals surface area (Å²) in [5.74, 6) is -0.660. The van der Waals surface area contributed by atoms with Crippen molar-refractivity contribution in [3.8, 4) is 0 Å². The number of halogens is 6. The number of pyridine rings is 2. The highest BCUT2D eigenvalue weighted by Gasteiger charge is 1.97. The van der Waals surface area contributed by atoms with Gasteiger partial charge in [0, 0.05) is 0 Å². The Labute approximate surface area is 141 Å². The minimum atomic E-state index is -0.343. The first-order valence-corrected chi connectivity index (χ1v) is 7.79. The lowest BCUT2D eigenvalue weighted by atomic mass is 10.5. The molecule has 2 heterocycles. The summed E-state index contributed by atoms with van der Waals surface area (Å²) < 4.78 is 27.2. The van der Waals surface area contributed by atoms with Crippen molar-refractivity contribution in [2.45, 2.75) is 0 Å². The molecule has 0 aliphatic carbocycles. The summed E-state index contributed by atoms with van der Waals surface area (Å²) in [7, 11) is 0. The predicted molar refractivity (Wildman–Crippen MR) is 84.2 cm³/mol. The number of rotatable bonds is 0. The highest BCUT2D eigenvalue weighted by atomic mass is 127. The van der Waals surface area contributed by atoms with Crippen LogP contribution in [0.4, 0.5) is 8.78 Å². The third kappa shape index (κ3) is 5.54. The number of nitrogens with zero attached hydrogens (tertiary/aromatic N) is 2. The van der Waals surface area contributed by atoms with Gasteiger partial charge >= 0.3 is 0 Å². The van der Waals surface area contributed by atoms with Crippen molar-refractivity contribution in [3.63, 3.8) is 0 Å². The molecule has 2 aromatic rings. The van der Waals surface area contributed by atoms with Gasteiger partial charge in [0.15, 0.2) is 0 Å². The van der Waals surface area contributed by atoms with Crippen LogP contribution in [0, 0.1) is 15.3 Å². The van der Waals surface area contributed by atoms with E-state index in [1.54, 1.807) is 0 Å². The van der Waals surface area contributed by atoms with Crippen molar-refractivity contribution in [2.75, 3.05) is 0 Å². The van der Waals surface area contributed by atoms with E-state index in [1.807, 2.05) is 22.6 Å². The smallest absolute Gasteiger partial charge is 0.142 e. The topological polar surface area (TPSA) is 25.8 Å². The molecule has 2 nitrogen and oxygen atoms in total. The quantitative estimate of drug-likeness (QED) is 0.324. The molecule has 0 saturated heterocycles. The minimum Gasteiger partial charge on any atom is -0.246 e. The van der Waals surface area contributed by atoms with E-state index in [9.17, 15) is 8.78 Å². The molecule has 18 heavy (non-hydrogen) atoms. The van der Waals surface area contributed by atoms with E-state index >= 15 is 0 Å². The van der Waals surface area contributed by atoms with Crippen molar-refractivity contribution in [3.05, 3.63) is 53.4 Å². The van der Waals surface area contributed by atoms with Crippen molar-refractivity contribution in [1.82, 2.24) is 9.97 Å². The van der Waals surface area contributed by atoms with E-state index in [-0.39, 0.29) is 11.6 Å². The summed E-state index contributed by atoms with van der Waals surface area (Å²) >= 11 is 11.4. The first-order chi connectivity index (χ1) is 8.40. The second-order valence-corrected chi connectivity index (χ2v) is 6.33. The van der Waals surface area contributed by atoms with Gasteiger partial charge in [0.05, 0.1) is 21.3 Å². The van der Waals surface area contributed by atoms with Crippen molar-refractivity contribution >= 4 is 70.4 Å². The van der Waals surface area contributed by atoms with Crippen molar-refractivity contribution < 1.29 is 8.78 Å². The van der Waals surface area contributed by atoms with Gasteiger partial charge in [-0.1, -0.05) is 0 Å². The van der Waals surface area contributed by atoms with Crippen LogP contribution < -0.4 is 0 Å². The molecule has 0 spiro atoms. The van der Waals surface area contributed by atoms with Gasteiger partial charge in [-0.2, -0.15) is 0 Å². The lowest BCUT2D eigenvalue weighted by Gasteiger charge is -1.91. The molecule has 0 fully saturated rings. The van der Waals surface area contributed by atoms with E-state index in [1.165, 1.54) is 18.3 Å². The molecule has 0 saturated carbocycles. The first-order valence-electron chi connectivity index (χ1n) is 4.33. The Morgan fingerprint density at radius 3 is 1.78 bits per heavy atom. The summed E-state index contributed by atoms with van der Waals surface area (Å²) in [6.07, 6.45) is 2.33. The largest absolute Gasteiger partial charge is 0.246 e. The van der Waals surface area contributed by atoms with Crippen LogP contribution in [0.2, 0.25) is 0 Å². The molecule has 0 radical (unpaired) electrons. The van der Waals surface area contributed by atoms with Crippen LogP contribution in [0.3, 0.4) is 0 Å². The molecule has 0 N–H and O–H groups in total. The Hall–Kier alpha value is 0.330. The van der Waals surface area contributed by atoms with E-state index in [4.69, 9.17) is 0 Å². The molecule has 0 amide bonds. The van der Waals surface area contributed by atoms with E-state index in [0.717, 1.165) is 9.90 Å². The van der Waals surface area contributed by atoms with Gasteiger partial charge in [0.25, 0.3) is 0 Å². The third-order valence-electron chi connectivity index (χ3n) is 1.53. The number of aromatic nitrogens is 2. The zero-order valence-corrected chi connectivity index (χ0v) is 15.4. The molecule has 0 aliphatic rings. The molecule has 2 aromatic heterocycles. The fourth-order valence-corrected chi connectivity index (χ4v) is 1.95. The summed E-state index contributed by atoms with van der Waals surface area (Å²) in [6, 6.07) is 2.73. The monoisotopic (exact) mass is 554 g/mol. The third-order valence-corrected chi connectivity index (χ3v) is 5.50. The van der Waals surface area contributed by atoms with Crippen LogP contribution in [-0.4, -0.2) is 9.97 Å². The first kappa shape index (κ1) is 16.4. The van der Waals surface area contributed by atoms with E-state index < -0.39 is 0 Å². The Kier molecular flexibility index (Phi) is 7.11. The fourth-order valence-electron chi connectivity index (χ4n) is 0.796. The molecule has 96 valence electrons. The lowest BCUT2D eigenvalue weighted by molar-refractivity contribution is 0.619. The Morgan fingerprint density at radius 1 is 0.889 bits per heavy atom. The van der Waals surface area contributed by atoms with E-state index in [2.05, 4.69) is 57.8 Å². The zero-order valence-electron chi connectivity index (χ0n) is 8.47. The molecule has 0 atom stereocenters. The maximum absolute atomic E-state index is 12.3. The number of hydrogen-bond donors (Lipinski definition) is 0. The highest BCUT2D eigenvalue weighted by molar-refractivity contribution is 14.1. The molecular weight excluding hydrogens is 553 g/mol. The van der Waals surface area contributed by atoms with Crippen LogP contribution in [0.1, 0.15) is 0 Å². The summed E-state index contributed by atoms with van der Waals surface area (Å²) in [4.78, 5) is 7.42. The average molecular weight is 557 g/mol. The van der Waals surface area contributed by atoms with Crippen LogP contribution in [0.25, 0.3) is 0 Å². The van der Waals surface area contributed by atoms with Crippen molar-refractivity contribution in [2.24, 2.45) is 0 Å². The lowest BCUT2D eigenvalue weighted by Crippen LogP contribution is -1.82. The summed E-state index contributed by atoms with van der Waals surface area (Å²) in [5.41, 5.74) is 0. The normalized spacial score (nSPS) is 9.67. The summed E-state index contributed by atoms with van der Waals surface area (Å²) in [6.45, 7) is 0. The Morgan fingerprint density at radius 2 is 1.39 bits per heavy atom. The van der Waals surface area contributed by atoms with Crippen LogP contribution in [-0.2, 0) is 0 Å². The fraction of sp³-hybridized carbons (Fsp3) is 0. The second kappa shape index (κ2) is 7.81. The second-order valence-electron chi connectivity index (χ2n) is 2.85. The maximum Gasteiger partial charge on any atom is 0.142 e. The molecule has 8 heteroatoms. The van der Waals surface area contributed by atoms with Gasteiger partial charge < -0.3 is 0 Å². The molecule has 0 aliphatic heterocycles. The van der Waals surface area contributed by atoms with Gasteiger partial charge in [-0.3, -0.25) is 0 Å². The molecule has 0 aromatic carbocycles. The molecular formula is C10H4Br3F2IN2. The molecule has 2 rings (SSSR count). The molecule has 0 bridgehead atoms. The van der Waals surface area contributed by atoms with Crippen LogP contribution in [0.15, 0.2) is 38.1 Å². The standard InChI is InChI=1S/C5H2Br2FN.C5H2BrFIN/c6-4-1-3(8)2-9-5(4)7;6-4-1-3(7)2-9-5(4)8/h2*1-2H. The minimum absolute atomic E-state index is 0.317. The van der Waals surface area contributed by atoms with Crippen LogP contribution in [0.5, 0.6) is 0 Å². The van der Waals surface area contributed by atoms with Crippen LogP contribution >= 0.6 is 70.4 Å². The van der Waals surface area contributed by atoms with Gasteiger partial charge in [-0.25, -0.2) is 18.7 Å². The van der Waals surface area contributed by atoms with Gasteiger partial charge in [0.2, 0.25) is 0 Å². The predicted octanol–water partition coefficient (Wildman–Crippen LogP) is 5.33. The number of hydrogen-bond acceptors (Lipinski definition) is 2. The zero-order chi connectivity index (χ0) is 13.7. The van der Waals surface area contributed by atoms with Gasteiger partial charge in [-0.05, 0) is 82.5 Å². The maximum atomic E-state index is 12.3. The van der Waals surface area contributed by atoms with Crippen molar-refractivity contribution in [1.29, 1.82) is 0 Å². The summed E-state index contributed by atoms with van der Waals surface area (Å²) in [5, 5.41) is 0. The average Bonchev–Trinajstić information content (AvgIpc) is 2.30.